The highest BCUT2D eigenvalue weighted by Gasteiger charge is 2.20. The number of fused-ring (bicyclic) bond motifs is 6. The van der Waals surface area contributed by atoms with Gasteiger partial charge < -0.3 is 4.42 Å². The molecule has 5 heteroatoms. The van der Waals surface area contributed by atoms with Gasteiger partial charge in [-0.05, 0) is 52.1 Å². The molecular weight excluding hydrogens is 703 g/mol. The van der Waals surface area contributed by atoms with Crippen LogP contribution < -0.4 is 0 Å². The predicted octanol–water partition coefficient (Wildman–Crippen LogP) is 14.1. The number of para-hydroxylation sites is 1. The molecule has 0 aliphatic carbocycles. The van der Waals surface area contributed by atoms with Gasteiger partial charge in [-0.3, -0.25) is 0 Å². The number of rotatable bonds is 6. The third kappa shape index (κ3) is 5.48. The average Bonchev–Trinajstić information content (AvgIpc) is 3.86. The minimum Gasteiger partial charge on any atom is -0.455 e. The van der Waals surface area contributed by atoms with Crippen LogP contribution in [-0.2, 0) is 0 Å². The van der Waals surface area contributed by atoms with Gasteiger partial charge >= 0.3 is 0 Å². The van der Waals surface area contributed by atoms with E-state index in [1.54, 1.807) is 11.3 Å². The second-order valence-corrected chi connectivity index (χ2v) is 15.0. The maximum atomic E-state index is 6.65. The standard InChI is InChI=1S/C51H31N3OS/c1-4-13-32(14-5-1)33-23-25-36(26-24-33)50-52-49(35-17-8-3-9-18-35)53-51(54-50)43-21-12-20-41-40-28-27-37(31-45(40)56-48(41)43)39-30-29-38(34-15-6-2-7-16-34)46-42-19-10-11-22-44(42)55-47(39)46/h1-31H. The highest BCUT2D eigenvalue weighted by molar-refractivity contribution is 7.26. The molecule has 11 aromatic rings. The third-order valence-electron chi connectivity index (χ3n) is 10.6. The van der Waals surface area contributed by atoms with Gasteiger partial charge in [-0.2, -0.15) is 0 Å². The molecule has 56 heavy (non-hydrogen) atoms. The zero-order valence-electron chi connectivity index (χ0n) is 30.1. The van der Waals surface area contributed by atoms with Gasteiger partial charge in [0.2, 0.25) is 0 Å². The molecule has 0 aliphatic rings. The number of hydrogen-bond donors (Lipinski definition) is 0. The van der Waals surface area contributed by atoms with Gasteiger partial charge in [-0.1, -0.05) is 164 Å². The molecule has 262 valence electrons. The molecule has 0 amide bonds. The van der Waals surface area contributed by atoms with Crippen molar-refractivity contribution in [2.75, 3.05) is 0 Å². The molecule has 0 N–H and O–H groups in total. The second-order valence-electron chi connectivity index (χ2n) is 13.9. The van der Waals surface area contributed by atoms with E-state index in [4.69, 9.17) is 19.4 Å². The Hall–Kier alpha value is -7.21. The van der Waals surface area contributed by atoms with E-state index in [0.29, 0.717) is 17.5 Å². The van der Waals surface area contributed by atoms with E-state index in [0.717, 1.165) is 60.0 Å². The highest BCUT2D eigenvalue weighted by Crippen LogP contribution is 2.45. The summed E-state index contributed by atoms with van der Waals surface area (Å²) in [4.78, 5) is 15.3. The molecule has 4 nitrogen and oxygen atoms in total. The topological polar surface area (TPSA) is 51.8 Å². The van der Waals surface area contributed by atoms with Crippen molar-refractivity contribution in [3.05, 3.63) is 188 Å². The molecule has 0 saturated carbocycles. The quantitative estimate of drug-likeness (QED) is 0.171. The van der Waals surface area contributed by atoms with Gasteiger partial charge in [-0.25, -0.2) is 15.0 Å². The molecule has 0 fully saturated rings. The van der Waals surface area contributed by atoms with Crippen LogP contribution in [0.4, 0.5) is 0 Å². The molecule has 3 heterocycles. The Morgan fingerprint density at radius 3 is 1.66 bits per heavy atom. The molecular formula is C51H31N3OS. The molecule has 0 unspecified atom stereocenters. The summed E-state index contributed by atoms with van der Waals surface area (Å²) in [6, 6.07) is 65.6. The molecule has 0 spiro atoms. The van der Waals surface area contributed by atoms with Crippen LogP contribution in [0.2, 0.25) is 0 Å². The van der Waals surface area contributed by atoms with E-state index in [1.807, 2.05) is 42.5 Å². The first kappa shape index (κ1) is 32.2. The van der Waals surface area contributed by atoms with E-state index in [1.165, 1.54) is 32.2 Å². The van der Waals surface area contributed by atoms with E-state index in [9.17, 15) is 0 Å². The number of benzene rings is 8. The molecule has 0 aliphatic heterocycles. The molecule has 0 saturated heterocycles. The van der Waals surface area contributed by atoms with E-state index < -0.39 is 0 Å². The van der Waals surface area contributed by atoms with Gasteiger partial charge in [-0.15, -0.1) is 11.3 Å². The molecule has 8 aromatic carbocycles. The van der Waals surface area contributed by atoms with E-state index >= 15 is 0 Å². The van der Waals surface area contributed by atoms with Crippen molar-refractivity contribution >= 4 is 53.4 Å². The van der Waals surface area contributed by atoms with Crippen LogP contribution >= 0.6 is 11.3 Å². The number of nitrogens with zero attached hydrogens (tertiary/aromatic N) is 3. The summed E-state index contributed by atoms with van der Waals surface area (Å²) in [5.41, 5.74) is 11.5. The predicted molar refractivity (Wildman–Crippen MR) is 233 cm³/mol. The summed E-state index contributed by atoms with van der Waals surface area (Å²) < 4.78 is 8.99. The Bertz CT molecular complexity index is 3230. The van der Waals surface area contributed by atoms with Crippen molar-refractivity contribution < 1.29 is 4.42 Å². The largest absolute Gasteiger partial charge is 0.455 e. The van der Waals surface area contributed by atoms with Crippen molar-refractivity contribution in [1.82, 2.24) is 15.0 Å². The lowest BCUT2D eigenvalue weighted by molar-refractivity contribution is 0.670. The monoisotopic (exact) mass is 733 g/mol. The fourth-order valence-electron chi connectivity index (χ4n) is 7.84. The Labute approximate surface area is 327 Å². The smallest absolute Gasteiger partial charge is 0.165 e. The zero-order valence-corrected chi connectivity index (χ0v) is 30.9. The first-order chi connectivity index (χ1) is 27.7. The number of hydrogen-bond acceptors (Lipinski definition) is 5. The lowest BCUT2D eigenvalue weighted by atomic mass is 9.94. The van der Waals surface area contributed by atoms with Gasteiger partial charge in [0, 0.05) is 53.2 Å². The SMILES string of the molecule is c1ccc(-c2ccc(-c3nc(-c4ccccc4)nc(-c4cccc5c4sc4cc(-c6ccc(-c7ccccc7)c7c6oc6ccccc67)ccc45)n3)cc2)cc1. The van der Waals surface area contributed by atoms with Gasteiger partial charge in [0.1, 0.15) is 11.2 Å². The van der Waals surface area contributed by atoms with Crippen LogP contribution in [0, 0.1) is 0 Å². The van der Waals surface area contributed by atoms with Gasteiger partial charge in [0.05, 0.1) is 0 Å². The lowest BCUT2D eigenvalue weighted by Crippen LogP contribution is -2.00. The van der Waals surface area contributed by atoms with E-state index in [-0.39, 0.29) is 0 Å². The molecule has 11 rings (SSSR count). The fraction of sp³-hybridized carbons (Fsp3) is 0. The molecule has 0 bridgehead atoms. The number of thiophene rings is 1. The maximum Gasteiger partial charge on any atom is 0.165 e. The van der Waals surface area contributed by atoms with Crippen molar-refractivity contribution in [3.63, 3.8) is 0 Å². The lowest BCUT2D eigenvalue weighted by Gasteiger charge is -2.10. The molecule has 3 aromatic heterocycles. The molecule has 0 radical (unpaired) electrons. The Morgan fingerprint density at radius 2 is 0.911 bits per heavy atom. The summed E-state index contributed by atoms with van der Waals surface area (Å²) in [5, 5.41) is 4.64. The summed E-state index contributed by atoms with van der Waals surface area (Å²) in [7, 11) is 0. The number of furan rings is 1. The van der Waals surface area contributed by atoms with Crippen LogP contribution in [0.5, 0.6) is 0 Å². The first-order valence-electron chi connectivity index (χ1n) is 18.7. The fourth-order valence-corrected chi connectivity index (χ4v) is 9.09. The van der Waals surface area contributed by atoms with Gasteiger partial charge in [0.15, 0.2) is 17.5 Å². The van der Waals surface area contributed by atoms with Crippen molar-refractivity contribution in [3.8, 4) is 67.5 Å². The Morgan fingerprint density at radius 1 is 0.357 bits per heavy atom. The van der Waals surface area contributed by atoms with Gasteiger partial charge in [0.25, 0.3) is 0 Å². The highest BCUT2D eigenvalue weighted by atomic mass is 32.1. The van der Waals surface area contributed by atoms with Crippen molar-refractivity contribution in [1.29, 1.82) is 0 Å². The average molecular weight is 734 g/mol. The van der Waals surface area contributed by atoms with Crippen molar-refractivity contribution in [2.45, 2.75) is 0 Å². The van der Waals surface area contributed by atoms with Crippen LogP contribution in [0.1, 0.15) is 0 Å². The van der Waals surface area contributed by atoms with Crippen LogP contribution in [0.25, 0.3) is 110 Å². The summed E-state index contributed by atoms with van der Waals surface area (Å²) in [6.45, 7) is 0. The number of aromatic nitrogens is 3. The maximum absolute atomic E-state index is 6.65. The first-order valence-corrected chi connectivity index (χ1v) is 19.5. The molecule has 0 atom stereocenters. The van der Waals surface area contributed by atoms with E-state index in [2.05, 4.69) is 146 Å². The van der Waals surface area contributed by atoms with Crippen LogP contribution in [0.15, 0.2) is 192 Å². The second kappa shape index (κ2) is 13.3. The minimum absolute atomic E-state index is 0.641. The van der Waals surface area contributed by atoms with Crippen LogP contribution in [0.3, 0.4) is 0 Å². The Balaban J connectivity index is 1.05. The zero-order chi connectivity index (χ0) is 37.0. The normalized spacial score (nSPS) is 11.6. The minimum atomic E-state index is 0.641. The Kier molecular flexibility index (Phi) is 7.64. The van der Waals surface area contributed by atoms with Crippen LogP contribution in [-0.4, -0.2) is 15.0 Å². The summed E-state index contributed by atoms with van der Waals surface area (Å²) in [6.07, 6.45) is 0. The van der Waals surface area contributed by atoms with Crippen molar-refractivity contribution in [2.24, 2.45) is 0 Å². The third-order valence-corrected chi connectivity index (χ3v) is 11.8. The summed E-state index contributed by atoms with van der Waals surface area (Å²) >= 11 is 1.77. The summed E-state index contributed by atoms with van der Waals surface area (Å²) in [5.74, 6) is 1.94.